The molecule has 0 aromatic rings. The van der Waals surface area contributed by atoms with Gasteiger partial charge in [0, 0.05) is 5.97 Å². The van der Waals surface area contributed by atoms with Crippen LogP contribution in [-0.2, 0) is 4.79 Å². The van der Waals surface area contributed by atoms with Crippen LogP contribution in [0.5, 0.6) is 0 Å². The molecule has 0 saturated carbocycles. The van der Waals surface area contributed by atoms with Crippen molar-refractivity contribution >= 4 is 5.97 Å². The van der Waals surface area contributed by atoms with Gasteiger partial charge in [-0.15, -0.1) is 0 Å². The maximum atomic E-state index is 10.4. The molecule has 0 unspecified atom stereocenters. The Hall–Kier alpha value is -1.83. The van der Waals surface area contributed by atoms with Crippen LogP contribution in [-0.4, -0.2) is 5.97 Å². The van der Waals surface area contributed by atoms with Crippen LogP contribution in [0.2, 0.25) is 0 Å². The first-order valence-electron chi connectivity index (χ1n) is 17.2. The van der Waals surface area contributed by atoms with Crippen LogP contribution in [0, 0.1) is 0 Å². The van der Waals surface area contributed by atoms with Crippen LogP contribution in [0.25, 0.3) is 0 Å². The van der Waals surface area contributed by atoms with Gasteiger partial charge in [0.15, 0.2) is 0 Å². The molecule has 0 radical (unpaired) electrons. The molecule has 40 heavy (non-hydrogen) atoms. The van der Waals surface area contributed by atoms with E-state index in [1.54, 1.807) is 0 Å². The van der Waals surface area contributed by atoms with Gasteiger partial charge in [0.1, 0.15) is 0 Å². The lowest BCUT2D eigenvalue weighted by Crippen LogP contribution is -2.21. The van der Waals surface area contributed by atoms with Gasteiger partial charge >= 0.3 is 0 Å². The summed E-state index contributed by atoms with van der Waals surface area (Å²) in [5, 5.41) is 10.4. The number of allylic oxidation sites excluding steroid dienone is 10. The molecule has 0 aromatic carbocycles. The summed E-state index contributed by atoms with van der Waals surface area (Å²) in [4.78, 5) is 10.4. The molecule has 2 heteroatoms. The Labute approximate surface area is 250 Å². The number of carbonyl (C=O) groups is 1. The highest BCUT2D eigenvalue weighted by Gasteiger charge is 1.95. The zero-order chi connectivity index (χ0) is 29.0. The number of hydrogen-bond acceptors (Lipinski definition) is 2. The molecule has 0 aliphatic heterocycles. The van der Waals surface area contributed by atoms with Gasteiger partial charge in [0.25, 0.3) is 0 Å². The molecule has 0 saturated heterocycles. The fourth-order valence-electron chi connectivity index (χ4n) is 4.84. The number of hydrogen-bond donors (Lipinski definition) is 0. The molecule has 0 N–H and O–H groups in total. The van der Waals surface area contributed by atoms with Gasteiger partial charge in [0.05, 0.1) is 0 Å². The van der Waals surface area contributed by atoms with Crippen molar-refractivity contribution in [2.24, 2.45) is 0 Å². The summed E-state index contributed by atoms with van der Waals surface area (Å²) in [6.45, 7) is 2.25. The van der Waals surface area contributed by atoms with Crippen molar-refractivity contribution in [1.29, 1.82) is 0 Å². The Kier molecular flexibility index (Phi) is 33.6. The van der Waals surface area contributed by atoms with E-state index in [0.29, 0.717) is 0 Å². The molecular weight excluding hydrogens is 488 g/mol. The van der Waals surface area contributed by atoms with Gasteiger partial charge in [-0.05, 0) is 64.2 Å². The van der Waals surface area contributed by atoms with E-state index < -0.39 is 5.97 Å². The van der Waals surface area contributed by atoms with E-state index in [0.717, 1.165) is 38.5 Å². The number of aliphatic carboxylic acids is 1. The summed E-state index contributed by atoms with van der Waals surface area (Å²) in [7, 11) is 0. The van der Waals surface area contributed by atoms with Crippen LogP contribution < -0.4 is 5.11 Å². The summed E-state index contributed by atoms with van der Waals surface area (Å²) < 4.78 is 0. The Morgan fingerprint density at radius 3 is 1.00 bits per heavy atom. The molecular formula is C38H65O2-. The van der Waals surface area contributed by atoms with Gasteiger partial charge in [-0.25, -0.2) is 0 Å². The number of carboxylic acid groups (broad SMARTS) is 1. The molecule has 0 amide bonds. The lowest BCUT2D eigenvalue weighted by molar-refractivity contribution is -0.305. The van der Waals surface area contributed by atoms with Gasteiger partial charge in [0.2, 0.25) is 0 Å². The van der Waals surface area contributed by atoms with E-state index in [-0.39, 0.29) is 6.42 Å². The van der Waals surface area contributed by atoms with Crippen LogP contribution in [0.15, 0.2) is 60.8 Å². The zero-order valence-corrected chi connectivity index (χ0v) is 26.5. The van der Waals surface area contributed by atoms with Crippen molar-refractivity contribution in [3.8, 4) is 0 Å². The summed E-state index contributed by atoms with van der Waals surface area (Å²) >= 11 is 0. The normalized spacial score (nSPS) is 12.4. The monoisotopic (exact) mass is 553 g/mol. The second kappa shape index (κ2) is 35.2. The molecule has 230 valence electrons. The molecule has 0 bridgehead atoms. The van der Waals surface area contributed by atoms with Crippen molar-refractivity contribution in [3.05, 3.63) is 60.8 Å². The second-order valence-corrected chi connectivity index (χ2v) is 11.4. The first kappa shape index (κ1) is 38.2. The molecule has 0 heterocycles. The van der Waals surface area contributed by atoms with Crippen LogP contribution in [0.3, 0.4) is 0 Å². The average molecular weight is 554 g/mol. The average Bonchev–Trinajstić information content (AvgIpc) is 2.95. The maximum absolute atomic E-state index is 10.4. The van der Waals surface area contributed by atoms with Crippen LogP contribution in [0.1, 0.15) is 174 Å². The third kappa shape index (κ3) is 36.2. The number of carboxylic acids is 1. The summed E-state index contributed by atoms with van der Waals surface area (Å²) in [6, 6.07) is 0. The van der Waals surface area contributed by atoms with Crippen molar-refractivity contribution in [3.63, 3.8) is 0 Å². The Balaban J connectivity index is 3.28. The molecule has 0 spiro atoms. The first-order valence-corrected chi connectivity index (χ1v) is 17.2. The second-order valence-electron chi connectivity index (χ2n) is 11.4. The fraction of sp³-hybridized carbons (Fsp3) is 0.711. The fourth-order valence-corrected chi connectivity index (χ4v) is 4.84. The van der Waals surface area contributed by atoms with E-state index >= 15 is 0 Å². The van der Waals surface area contributed by atoms with E-state index in [9.17, 15) is 9.90 Å². The predicted molar refractivity (Wildman–Crippen MR) is 176 cm³/mol. The molecule has 0 aliphatic carbocycles. The molecule has 0 fully saturated rings. The lowest BCUT2D eigenvalue weighted by atomic mass is 10.0. The van der Waals surface area contributed by atoms with Crippen molar-refractivity contribution in [1.82, 2.24) is 0 Å². The Morgan fingerprint density at radius 1 is 0.400 bits per heavy atom. The Morgan fingerprint density at radius 2 is 0.675 bits per heavy atom. The van der Waals surface area contributed by atoms with Crippen molar-refractivity contribution < 1.29 is 9.90 Å². The van der Waals surface area contributed by atoms with Gasteiger partial charge in [-0.1, -0.05) is 170 Å². The van der Waals surface area contributed by atoms with Gasteiger partial charge < -0.3 is 9.90 Å². The summed E-state index contributed by atoms with van der Waals surface area (Å²) in [5.74, 6) is -0.905. The van der Waals surface area contributed by atoms with E-state index in [1.807, 2.05) is 0 Å². The van der Waals surface area contributed by atoms with Gasteiger partial charge in [-0.3, -0.25) is 0 Å². The molecule has 0 aromatic heterocycles. The third-order valence-electron chi connectivity index (χ3n) is 7.40. The summed E-state index contributed by atoms with van der Waals surface area (Å²) in [6.07, 6.45) is 54.6. The van der Waals surface area contributed by atoms with Crippen molar-refractivity contribution in [2.45, 2.75) is 174 Å². The maximum Gasteiger partial charge on any atom is 0.0414 e. The SMILES string of the molecule is CCCCC/C=C\C/C=C\C/C=C\C/C=C\C/C=C\CCCCCCCCCCCCCCCCCCC(=O)[O-]. The Bertz CT molecular complexity index is 652. The topological polar surface area (TPSA) is 40.1 Å². The lowest BCUT2D eigenvalue weighted by Gasteiger charge is -2.04. The third-order valence-corrected chi connectivity index (χ3v) is 7.40. The smallest absolute Gasteiger partial charge is 0.0414 e. The zero-order valence-electron chi connectivity index (χ0n) is 26.5. The molecule has 0 rings (SSSR count). The highest BCUT2D eigenvalue weighted by molar-refractivity contribution is 5.64. The molecule has 0 aliphatic rings. The van der Waals surface area contributed by atoms with Crippen LogP contribution >= 0.6 is 0 Å². The van der Waals surface area contributed by atoms with E-state index in [4.69, 9.17) is 0 Å². The highest BCUT2D eigenvalue weighted by atomic mass is 16.4. The summed E-state index contributed by atoms with van der Waals surface area (Å²) in [5.41, 5.74) is 0. The first-order chi connectivity index (χ1) is 19.8. The minimum Gasteiger partial charge on any atom is -0.550 e. The van der Waals surface area contributed by atoms with E-state index in [1.165, 1.54) is 122 Å². The largest absolute Gasteiger partial charge is 0.550 e. The molecule has 2 nitrogen and oxygen atoms in total. The van der Waals surface area contributed by atoms with Gasteiger partial charge in [-0.2, -0.15) is 0 Å². The van der Waals surface area contributed by atoms with Crippen LogP contribution in [0.4, 0.5) is 0 Å². The number of rotatable bonds is 31. The highest BCUT2D eigenvalue weighted by Crippen LogP contribution is 2.14. The minimum absolute atomic E-state index is 0.227. The van der Waals surface area contributed by atoms with Crippen molar-refractivity contribution in [2.75, 3.05) is 0 Å². The number of unbranched alkanes of at least 4 members (excludes halogenated alkanes) is 19. The quantitative estimate of drug-likeness (QED) is 0.0632. The minimum atomic E-state index is -0.905. The number of carbonyl (C=O) groups excluding carboxylic acids is 1. The predicted octanol–water partition coefficient (Wildman–Crippen LogP) is 11.7. The van der Waals surface area contributed by atoms with E-state index in [2.05, 4.69) is 67.7 Å². The molecule has 0 atom stereocenters. The standard InChI is InChI=1S/C38H66O2/c1-2-3-4-5-6-7-8-9-10-11-12-13-14-15-16-17-18-19-20-21-22-23-24-25-26-27-28-29-30-31-32-33-34-35-36-37-38(39)40/h6-7,9-10,12-13,15-16,18-19H,2-5,8,11,14,17,20-37H2,1H3,(H,39,40)/p-1/b7-6-,10-9-,13-12-,16-15-,19-18-.